The monoisotopic (exact) mass is 289 g/mol. The maximum Gasteiger partial charge on any atom is 0.293 e. The molecule has 1 aromatic heterocycles. The Morgan fingerprint density at radius 1 is 1.05 bits per heavy atom. The van der Waals surface area contributed by atoms with Crippen molar-refractivity contribution in [1.82, 2.24) is 25.0 Å². The lowest BCUT2D eigenvalue weighted by Crippen LogP contribution is -2.51. The van der Waals surface area contributed by atoms with Gasteiger partial charge >= 0.3 is 0 Å². The number of carbonyl (C=O) groups is 1. The Balaban J connectivity index is 1.35. The summed E-state index contributed by atoms with van der Waals surface area (Å²) in [5.74, 6) is 1.75. The molecule has 0 aromatic carbocycles. The fraction of sp³-hybridized carbons (Fsp3) is 0.800. The minimum atomic E-state index is -0.00998. The van der Waals surface area contributed by atoms with Crippen LogP contribution in [0.5, 0.6) is 0 Å². The van der Waals surface area contributed by atoms with E-state index in [9.17, 15) is 4.79 Å². The van der Waals surface area contributed by atoms with Gasteiger partial charge in [0, 0.05) is 38.1 Å². The Hall–Kier alpha value is -1.43. The number of nitrogens with zero attached hydrogens (tertiary/aromatic N) is 4. The summed E-state index contributed by atoms with van der Waals surface area (Å²) in [6.07, 6.45) is 7.74. The van der Waals surface area contributed by atoms with E-state index >= 15 is 0 Å². The van der Waals surface area contributed by atoms with Crippen molar-refractivity contribution in [1.29, 1.82) is 0 Å². The molecule has 1 amide bonds. The zero-order chi connectivity index (χ0) is 14.2. The van der Waals surface area contributed by atoms with Crippen LogP contribution in [0.25, 0.3) is 0 Å². The number of hydrogen-bond donors (Lipinski definition) is 1. The third kappa shape index (κ3) is 2.69. The van der Waals surface area contributed by atoms with Crippen LogP contribution in [0, 0.1) is 0 Å². The number of nitrogens with one attached hydrogen (secondary N) is 1. The SMILES string of the molecule is O=C(c1n[nH]c(C2CC2)n1)N1CCN(C2CCCC2)CC1. The van der Waals surface area contributed by atoms with Crippen LogP contribution in [0.15, 0.2) is 0 Å². The van der Waals surface area contributed by atoms with Gasteiger partial charge in [-0.15, -0.1) is 5.10 Å². The van der Waals surface area contributed by atoms with E-state index in [-0.39, 0.29) is 5.91 Å². The van der Waals surface area contributed by atoms with Crippen molar-refractivity contribution >= 4 is 5.91 Å². The molecule has 1 aliphatic heterocycles. The molecule has 4 rings (SSSR count). The molecule has 1 N–H and O–H groups in total. The third-order valence-electron chi connectivity index (χ3n) is 5.10. The molecule has 3 aliphatic rings. The van der Waals surface area contributed by atoms with Crippen LogP contribution in [0.3, 0.4) is 0 Å². The zero-order valence-electron chi connectivity index (χ0n) is 12.4. The number of aromatic amines is 1. The number of rotatable bonds is 3. The minimum Gasteiger partial charge on any atom is -0.333 e. The maximum absolute atomic E-state index is 12.4. The van der Waals surface area contributed by atoms with Gasteiger partial charge in [0.15, 0.2) is 0 Å². The van der Waals surface area contributed by atoms with Crippen LogP contribution in [-0.4, -0.2) is 63.1 Å². The normalized spacial score (nSPS) is 24.7. The van der Waals surface area contributed by atoms with E-state index in [1.54, 1.807) is 0 Å². The number of carbonyl (C=O) groups excluding carboxylic acids is 1. The van der Waals surface area contributed by atoms with Crippen molar-refractivity contribution in [3.8, 4) is 0 Å². The Labute approximate surface area is 124 Å². The molecule has 114 valence electrons. The average Bonchev–Trinajstić information content (AvgIpc) is 3.05. The topological polar surface area (TPSA) is 65.1 Å². The van der Waals surface area contributed by atoms with Crippen molar-refractivity contribution < 1.29 is 4.79 Å². The number of amides is 1. The maximum atomic E-state index is 12.4. The number of H-pyrrole nitrogens is 1. The molecule has 0 atom stereocenters. The molecule has 0 radical (unpaired) electrons. The Bertz CT molecular complexity index is 510. The molecule has 3 fully saturated rings. The van der Waals surface area contributed by atoms with Crippen LogP contribution in [0.2, 0.25) is 0 Å². The second kappa shape index (κ2) is 5.40. The molecular weight excluding hydrogens is 266 g/mol. The van der Waals surface area contributed by atoms with Gasteiger partial charge < -0.3 is 4.90 Å². The van der Waals surface area contributed by atoms with Gasteiger partial charge in [-0.05, 0) is 25.7 Å². The summed E-state index contributed by atoms with van der Waals surface area (Å²) in [6, 6.07) is 0.757. The van der Waals surface area contributed by atoms with Gasteiger partial charge in [-0.2, -0.15) is 0 Å². The Morgan fingerprint density at radius 3 is 2.43 bits per heavy atom. The summed E-state index contributed by atoms with van der Waals surface area (Å²) in [5, 5.41) is 7.03. The first-order valence-electron chi connectivity index (χ1n) is 8.27. The van der Waals surface area contributed by atoms with Gasteiger partial charge in [0.25, 0.3) is 5.91 Å². The van der Waals surface area contributed by atoms with Gasteiger partial charge in [0.2, 0.25) is 5.82 Å². The van der Waals surface area contributed by atoms with Gasteiger partial charge in [0.05, 0.1) is 0 Å². The molecule has 1 aromatic rings. The molecule has 0 bridgehead atoms. The average molecular weight is 289 g/mol. The molecular formula is C15H23N5O. The second-order valence-corrected chi connectivity index (χ2v) is 6.58. The van der Waals surface area contributed by atoms with Crippen molar-refractivity contribution in [2.24, 2.45) is 0 Å². The van der Waals surface area contributed by atoms with E-state index in [4.69, 9.17) is 0 Å². The van der Waals surface area contributed by atoms with Gasteiger partial charge in [0.1, 0.15) is 5.82 Å². The lowest BCUT2D eigenvalue weighted by molar-refractivity contribution is 0.0562. The molecule has 1 saturated heterocycles. The minimum absolute atomic E-state index is 0.00998. The molecule has 6 heteroatoms. The molecule has 0 unspecified atom stereocenters. The zero-order valence-corrected chi connectivity index (χ0v) is 12.4. The highest BCUT2D eigenvalue weighted by Gasteiger charge is 2.31. The highest BCUT2D eigenvalue weighted by Crippen LogP contribution is 2.37. The van der Waals surface area contributed by atoms with Crippen molar-refractivity contribution in [2.75, 3.05) is 26.2 Å². The first kappa shape index (κ1) is 13.2. The number of piperazine rings is 1. The van der Waals surface area contributed by atoms with E-state index in [0.29, 0.717) is 11.7 Å². The molecule has 6 nitrogen and oxygen atoms in total. The first-order chi connectivity index (χ1) is 10.3. The largest absolute Gasteiger partial charge is 0.333 e. The van der Waals surface area contributed by atoms with Crippen molar-refractivity contribution in [3.63, 3.8) is 0 Å². The van der Waals surface area contributed by atoms with Crippen LogP contribution in [0.4, 0.5) is 0 Å². The molecule has 2 saturated carbocycles. The van der Waals surface area contributed by atoms with E-state index < -0.39 is 0 Å². The lowest BCUT2D eigenvalue weighted by atomic mass is 10.2. The quantitative estimate of drug-likeness (QED) is 0.913. The third-order valence-corrected chi connectivity index (χ3v) is 5.10. The molecule has 2 heterocycles. The molecule has 21 heavy (non-hydrogen) atoms. The van der Waals surface area contributed by atoms with Crippen molar-refractivity contribution in [3.05, 3.63) is 11.6 Å². The summed E-state index contributed by atoms with van der Waals surface area (Å²) in [7, 11) is 0. The number of aromatic nitrogens is 3. The Morgan fingerprint density at radius 2 is 1.76 bits per heavy atom. The van der Waals surface area contributed by atoms with Crippen LogP contribution < -0.4 is 0 Å². The number of hydrogen-bond acceptors (Lipinski definition) is 4. The fourth-order valence-electron chi connectivity index (χ4n) is 3.61. The smallest absolute Gasteiger partial charge is 0.293 e. The molecule has 2 aliphatic carbocycles. The van der Waals surface area contributed by atoms with Crippen LogP contribution in [-0.2, 0) is 0 Å². The van der Waals surface area contributed by atoms with E-state index in [1.807, 2.05) is 4.90 Å². The van der Waals surface area contributed by atoms with Gasteiger partial charge in [-0.1, -0.05) is 12.8 Å². The van der Waals surface area contributed by atoms with E-state index in [2.05, 4.69) is 20.1 Å². The summed E-state index contributed by atoms with van der Waals surface area (Å²) in [5.41, 5.74) is 0. The van der Waals surface area contributed by atoms with Gasteiger partial charge in [-0.3, -0.25) is 14.8 Å². The predicted molar refractivity (Wildman–Crippen MR) is 78.1 cm³/mol. The summed E-state index contributed by atoms with van der Waals surface area (Å²) in [6.45, 7) is 3.61. The van der Waals surface area contributed by atoms with Crippen molar-refractivity contribution in [2.45, 2.75) is 50.5 Å². The standard InChI is InChI=1S/C15H23N5O/c21-15(14-16-13(17-18-14)11-5-6-11)20-9-7-19(8-10-20)12-3-1-2-4-12/h11-12H,1-10H2,(H,16,17,18). The summed E-state index contributed by atoms with van der Waals surface area (Å²) < 4.78 is 0. The van der Waals surface area contributed by atoms with Crippen LogP contribution >= 0.6 is 0 Å². The summed E-state index contributed by atoms with van der Waals surface area (Å²) in [4.78, 5) is 21.3. The van der Waals surface area contributed by atoms with Crippen LogP contribution in [0.1, 0.15) is 60.9 Å². The molecule has 0 spiro atoms. The predicted octanol–water partition coefficient (Wildman–Crippen LogP) is 1.38. The first-order valence-corrected chi connectivity index (χ1v) is 8.27. The fourth-order valence-corrected chi connectivity index (χ4v) is 3.61. The van der Waals surface area contributed by atoms with E-state index in [0.717, 1.165) is 38.0 Å². The lowest BCUT2D eigenvalue weighted by Gasteiger charge is -2.37. The highest BCUT2D eigenvalue weighted by atomic mass is 16.2. The highest BCUT2D eigenvalue weighted by molar-refractivity contribution is 5.90. The second-order valence-electron chi connectivity index (χ2n) is 6.58. The van der Waals surface area contributed by atoms with E-state index in [1.165, 1.54) is 38.5 Å². The summed E-state index contributed by atoms with van der Waals surface area (Å²) >= 11 is 0. The van der Waals surface area contributed by atoms with Gasteiger partial charge in [-0.25, -0.2) is 4.98 Å². The Kier molecular flexibility index (Phi) is 3.41.